The van der Waals surface area contributed by atoms with Crippen molar-refractivity contribution in [2.45, 2.75) is 154 Å². The predicted octanol–water partition coefficient (Wildman–Crippen LogP) is 8.11. The zero-order chi connectivity index (χ0) is 24.8. The molecule has 0 radical (unpaired) electrons. The van der Waals surface area contributed by atoms with E-state index >= 15 is 0 Å². The number of quaternary nitrogens is 1. The number of unbranched alkanes of at least 4 members (excludes halogenated alkanes) is 19. The number of hydrogen-bond donors (Lipinski definition) is 2. The van der Waals surface area contributed by atoms with Crippen LogP contribution in [0.15, 0.2) is 0 Å². The van der Waals surface area contributed by atoms with Crippen molar-refractivity contribution >= 4 is 5.97 Å². The van der Waals surface area contributed by atoms with Gasteiger partial charge < -0.3 is 14.7 Å². The van der Waals surface area contributed by atoms with Crippen molar-refractivity contribution in [3.8, 4) is 0 Å². The van der Waals surface area contributed by atoms with Crippen LogP contribution in [-0.4, -0.2) is 54.0 Å². The largest absolute Gasteiger partial charge is 0.481 e. The molecular weight excluding hydrogens is 410 g/mol. The smallest absolute Gasteiger partial charge is 0.306 e. The summed E-state index contributed by atoms with van der Waals surface area (Å²) in [5, 5.41) is 19.9. The molecule has 0 spiro atoms. The number of aliphatic hydroxyl groups is 1. The highest BCUT2D eigenvalue weighted by molar-refractivity contribution is 5.68. The fraction of sp³-hybridized carbons (Fsp3) is 0.966. The number of carboxylic acid groups (broad SMARTS) is 1. The third-order valence-electron chi connectivity index (χ3n) is 6.74. The number of likely N-dealkylation sites (N-methyl/N-ethyl adjacent to an activating group) is 1. The van der Waals surface area contributed by atoms with E-state index < -0.39 is 11.6 Å². The van der Waals surface area contributed by atoms with Gasteiger partial charge in [-0.1, -0.05) is 135 Å². The van der Waals surface area contributed by atoms with Gasteiger partial charge in [0, 0.05) is 0 Å². The molecule has 0 saturated heterocycles. The van der Waals surface area contributed by atoms with Crippen molar-refractivity contribution in [1.82, 2.24) is 0 Å². The van der Waals surface area contributed by atoms with E-state index in [1.165, 1.54) is 116 Å². The van der Waals surface area contributed by atoms with Gasteiger partial charge in [-0.15, -0.1) is 0 Å². The number of carbonyl (C=O) groups is 1. The van der Waals surface area contributed by atoms with Crippen molar-refractivity contribution in [2.75, 3.05) is 27.7 Å². The maximum Gasteiger partial charge on any atom is 0.306 e. The average molecular weight is 471 g/mol. The van der Waals surface area contributed by atoms with Crippen LogP contribution in [0.3, 0.4) is 0 Å². The zero-order valence-electron chi connectivity index (χ0n) is 23.0. The van der Waals surface area contributed by atoms with Crippen LogP contribution in [0.2, 0.25) is 0 Å². The Morgan fingerprint density at radius 3 is 1.18 bits per heavy atom. The molecule has 0 aromatic carbocycles. The molecule has 0 rings (SSSR count). The maximum absolute atomic E-state index is 11.1. The van der Waals surface area contributed by atoms with Gasteiger partial charge in [-0.25, -0.2) is 0 Å². The Morgan fingerprint density at radius 2 is 0.909 bits per heavy atom. The first kappa shape index (κ1) is 32.4. The molecule has 4 heteroatoms. The molecule has 0 aromatic heterocycles. The third-order valence-corrected chi connectivity index (χ3v) is 6.74. The minimum atomic E-state index is -1.08. The van der Waals surface area contributed by atoms with E-state index in [1.807, 2.05) is 21.1 Å². The molecule has 0 amide bonds. The quantitative estimate of drug-likeness (QED) is 0.105. The van der Waals surface area contributed by atoms with Crippen LogP contribution in [0.1, 0.15) is 148 Å². The van der Waals surface area contributed by atoms with Gasteiger partial charge in [0.25, 0.3) is 0 Å². The highest BCUT2D eigenvalue weighted by Gasteiger charge is 2.35. The first-order valence-electron chi connectivity index (χ1n) is 14.4. The average Bonchev–Trinajstić information content (AvgIpc) is 2.70. The van der Waals surface area contributed by atoms with Crippen LogP contribution in [0.5, 0.6) is 0 Å². The number of rotatable bonds is 25. The Hall–Kier alpha value is -0.610. The summed E-state index contributed by atoms with van der Waals surface area (Å²) in [5.74, 6) is -0.904. The summed E-state index contributed by atoms with van der Waals surface area (Å²) in [4.78, 5) is 11.1. The summed E-state index contributed by atoms with van der Waals surface area (Å²) in [6.07, 6.45) is 27.5. The molecule has 0 aliphatic carbocycles. The molecule has 0 heterocycles. The summed E-state index contributed by atoms with van der Waals surface area (Å²) in [7, 11) is 6.01. The second-order valence-electron chi connectivity index (χ2n) is 11.7. The third kappa shape index (κ3) is 24.3. The topological polar surface area (TPSA) is 57.5 Å². The lowest BCUT2D eigenvalue weighted by atomic mass is 9.91. The molecule has 0 aromatic rings. The SMILES string of the molecule is CCCCCCCCCCCCCCCCCCCCCC[C@@](O)(CC(=O)O)C[N+](C)(C)C. The van der Waals surface area contributed by atoms with E-state index in [9.17, 15) is 9.90 Å². The van der Waals surface area contributed by atoms with Crippen LogP contribution in [-0.2, 0) is 4.79 Å². The van der Waals surface area contributed by atoms with Gasteiger partial charge in [-0.05, 0) is 6.42 Å². The highest BCUT2D eigenvalue weighted by Crippen LogP contribution is 2.23. The lowest BCUT2D eigenvalue weighted by Gasteiger charge is -2.34. The molecule has 2 N–H and O–H groups in total. The molecular formula is C29H60NO3+. The molecule has 0 fully saturated rings. The monoisotopic (exact) mass is 470 g/mol. The molecule has 198 valence electrons. The number of aliphatic carboxylic acids is 1. The van der Waals surface area contributed by atoms with E-state index in [-0.39, 0.29) is 6.42 Å². The van der Waals surface area contributed by atoms with E-state index in [0.29, 0.717) is 17.4 Å². The van der Waals surface area contributed by atoms with Crippen molar-refractivity contribution < 1.29 is 19.5 Å². The van der Waals surface area contributed by atoms with E-state index in [0.717, 1.165) is 12.8 Å². The normalized spacial score (nSPS) is 13.8. The number of hydrogen-bond acceptors (Lipinski definition) is 2. The fourth-order valence-corrected chi connectivity index (χ4v) is 5.10. The van der Waals surface area contributed by atoms with Gasteiger partial charge in [0.2, 0.25) is 0 Å². The fourth-order valence-electron chi connectivity index (χ4n) is 5.10. The molecule has 0 bridgehead atoms. The summed E-state index contributed by atoms with van der Waals surface area (Å²) < 4.78 is 0.586. The molecule has 1 atom stereocenters. The van der Waals surface area contributed by atoms with Crippen LogP contribution < -0.4 is 0 Å². The summed E-state index contributed by atoms with van der Waals surface area (Å²) >= 11 is 0. The minimum Gasteiger partial charge on any atom is -0.481 e. The van der Waals surface area contributed by atoms with Crippen LogP contribution in [0, 0.1) is 0 Å². The van der Waals surface area contributed by atoms with E-state index in [1.54, 1.807) is 0 Å². The molecule has 33 heavy (non-hydrogen) atoms. The van der Waals surface area contributed by atoms with Gasteiger partial charge in [-0.3, -0.25) is 4.79 Å². The molecule has 0 unspecified atom stereocenters. The number of nitrogens with zero attached hydrogens (tertiary/aromatic N) is 1. The molecule has 0 aliphatic heterocycles. The van der Waals surface area contributed by atoms with E-state index in [4.69, 9.17) is 5.11 Å². The summed E-state index contributed by atoms with van der Waals surface area (Å²) in [6.45, 7) is 2.77. The van der Waals surface area contributed by atoms with Crippen molar-refractivity contribution in [2.24, 2.45) is 0 Å². The van der Waals surface area contributed by atoms with Gasteiger partial charge in [0.15, 0.2) is 0 Å². The highest BCUT2D eigenvalue weighted by atomic mass is 16.4. The lowest BCUT2D eigenvalue weighted by Crippen LogP contribution is -2.50. The van der Waals surface area contributed by atoms with Crippen molar-refractivity contribution in [3.63, 3.8) is 0 Å². The Kier molecular flexibility index (Phi) is 20.4. The van der Waals surface area contributed by atoms with Gasteiger partial charge in [-0.2, -0.15) is 0 Å². The van der Waals surface area contributed by atoms with Gasteiger partial charge in [0.1, 0.15) is 12.1 Å². The van der Waals surface area contributed by atoms with Crippen molar-refractivity contribution in [1.29, 1.82) is 0 Å². The van der Waals surface area contributed by atoms with Gasteiger partial charge >= 0.3 is 5.97 Å². The lowest BCUT2D eigenvalue weighted by molar-refractivity contribution is -0.877. The van der Waals surface area contributed by atoms with Crippen LogP contribution in [0.25, 0.3) is 0 Å². The Morgan fingerprint density at radius 1 is 0.606 bits per heavy atom. The molecule has 0 saturated carbocycles. The number of carboxylic acids is 1. The second kappa shape index (κ2) is 20.7. The predicted molar refractivity (Wildman–Crippen MR) is 143 cm³/mol. The molecule has 4 nitrogen and oxygen atoms in total. The van der Waals surface area contributed by atoms with Crippen molar-refractivity contribution in [3.05, 3.63) is 0 Å². The van der Waals surface area contributed by atoms with Crippen LogP contribution >= 0.6 is 0 Å². The summed E-state index contributed by atoms with van der Waals surface area (Å²) in [5.41, 5.74) is -1.08. The maximum atomic E-state index is 11.1. The Labute approximate surface area is 207 Å². The first-order valence-corrected chi connectivity index (χ1v) is 14.4. The van der Waals surface area contributed by atoms with Crippen LogP contribution in [0.4, 0.5) is 0 Å². The summed E-state index contributed by atoms with van der Waals surface area (Å²) in [6, 6.07) is 0. The standard InChI is InChI=1S/C29H59NO3/c1-5-6-7-8-9-10-11-12-13-14-15-16-17-18-19-20-21-22-23-24-25-29(33,26-28(31)32)27-30(2,3)4/h33H,5-27H2,1-4H3/p+1/t29-/m1/s1. The Balaban J connectivity index is 3.44. The minimum absolute atomic E-state index is 0.151. The Bertz CT molecular complexity index is 447. The first-order chi connectivity index (χ1) is 15.7. The van der Waals surface area contributed by atoms with Gasteiger partial charge in [0.05, 0.1) is 27.6 Å². The molecule has 0 aliphatic rings. The zero-order valence-corrected chi connectivity index (χ0v) is 23.0. The second-order valence-corrected chi connectivity index (χ2v) is 11.7. The van der Waals surface area contributed by atoms with E-state index in [2.05, 4.69) is 6.92 Å².